The first-order valence-electron chi connectivity index (χ1n) is 15.5. The van der Waals surface area contributed by atoms with Gasteiger partial charge in [0.15, 0.2) is 0 Å². The second kappa shape index (κ2) is 8.95. The van der Waals surface area contributed by atoms with Gasteiger partial charge in [-0.25, -0.2) is 0 Å². The molecule has 0 spiro atoms. The molecule has 5 fully saturated rings. The second-order valence-electron chi connectivity index (χ2n) is 16.3. The molecule has 0 heterocycles. The minimum absolute atomic E-state index is 0.0553. The van der Waals surface area contributed by atoms with Crippen molar-refractivity contribution in [1.82, 2.24) is 0 Å². The third-order valence-corrected chi connectivity index (χ3v) is 14.0. The van der Waals surface area contributed by atoms with E-state index in [4.69, 9.17) is 9.47 Å². The predicted molar refractivity (Wildman–Crippen MR) is 151 cm³/mol. The van der Waals surface area contributed by atoms with Crippen molar-refractivity contribution in [2.75, 3.05) is 7.11 Å². The van der Waals surface area contributed by atoms with Gasteiger partial charge in [0.25, 0.3) is 0 Å². The fraction of sp³-hybridized carbons (Fsp3) is 0.909. The van der Waals surface area contributed by atoms with E-state index in [0.717, 1.165) is 69.9 Å². The Morgan fingerprint density at radius 3 is 2.15 bits per heavy atom. The molecule has 0 aromatic carbocycles. The Labute approximate surface area is 236 Å². The summed E-state index contributed by atoms with van der Waals surface area (Å²) in [6.07, 6.45) is 9.48. The van der Waals surface area contributed by atoms with Crippen molar-refractivity contribution in [2.24, 2.45) is 61.3 Å². The maximum atomic E-state index is 13.5. The van der Waals surface area contributed by atoms with Gasteiger partial charge in [0.05, 0.1) is 18.2 Å². The SMILES string of the molecule is COC(=O)[C@]12CCC(C)(C)C[C@H]1[C@H]1/C(=N/O)C[C@@H]3[C@@]4(C)CC[C@H](OC(C)=O)C(C)(C)[C@@H]4CC[C@@]3(C)[C@]1(C)CC2. The standard InChI is InChI=1S/C33H53NO5/c1-20(35)39-25-11-12-30(6)23(29(25,4)5)10-13-31(7)24(30)18-22(34-37)26-21-19-28(2,3)14-16-33(21,27(36)38-9)17-15-32(26,31)8/h21,23-26,37H,10-19H2,1-9H3/b34-22+/t21-,23-,24+,25-,26-,30-,31+,32+,33-/m0/s1. The van der Waals surface area contributed by atoms with Crippen LogP contribution in [0, 0.1) is 56.2 Å². The summed E-state index contributed by atoms with van der Waals surface area (Å²) in [5.74, 6) is 0.741. The number of oxime groups is 1. The van der Waals surface area contributed by atoms with E-state index < -0.39 is 5.41 Å². The number of carbonyl (C=O) groups excluding carboxylic acids is 2. The summed E-state index contributed by atoms with van der Waals surface area (Å²) in [5.41, 5.74) is 0.495. The van der Waals surface area contributed by atoms with E-state index >= 15 is 0 Å². The van der Waals surface area contributed by atoms with Gasteiger partial charge in [-0.15, -0.1) is 0 Å². The van der Waals surface area contributed by atoms with Crippen LogP contribution in [-0.2, 0) is 19.1 Å². The van der Waals surface area contributed by atoms with E-state index in [9.17, 15) is 14.8 Å². The van der Waals surface area contributed by atoms with Crippen molar-refractivity contribution < 1.29 is 24.3 Å². The fourth-order valence-electron chi connectivity index (χ4n) is 11.8. The summed E-state index contributed by atoms with van der Waals surface area (Å²) in [4.78, 5) is 25.5. The van der Waals surface area contributed by atoms with Crippen LogP contribution in [-0.4, -0.2) is 36.1 Å². The number of fused-ring (bicyclic) bond motifs is 7. The monoisotopic (exact) mass is 543 g/mol. The molecule has 0 saturated heterocycles. The highest BCUT2D eigenvalue weighted by molar-refractivity contribution is 5.90. The maximum absolute atomic E-state index is 13.5. The molecule has 0 radical (unpaired) electrons. The average Bonchev–Trinajstić information content (AvgIpc) is 2.85. The smallest absolute Gasteiger partial charge is 0.312 e. The van der Waals surface area contributed by atoms with Crippen LogP contribution in [0.15, 0.2) is 5.16 Å². The summed E-state index contributed by atoms with van der Waals surface area (Å²) in [6.45, 7) is 18.3. The molecule has 0 aliphatic heterocycles. The first kappa shape index (κ1) is 28.9. The van der Waals surface area contributed by atoms with E-state index in [0.29, 0.717) is 11.8 Å². The molecule has 0 aromatic heterocycles. The summed E-state index contributed by atoms with van der Waals surface area (Å²) in [7, 11) is 1.54. The zero-order valence-electron chi connectivity index (χ0n) is 26.0. The van der Waals surface area contributed by atoms with E-state index in [1.807, 2.05) is 0 Å². The third kappa shape index (κ3) is 3.81. The molecular weight excluding hydrogens is 490 g/mol. The molecule has 0 aromatic rings. The van der Waals surface area contributed by atoms with Gasteiger partial charge < -0.3 is 14.7 Å². The Kier molecular flexibility index (Phi) is 6.64. The molecule has 6 nitrogen and oxygen atoms in total. The largest absolute Gasteiger partial charge is 0.469 e. The Hall–Kier alpha value is -1.59. The number of nitrogens with zero attached hydrogens (tertiary/aromatic N) is 1. The number of carbonyl (C=O) groups is 2. The highest BCUT2D eigenvalue weighted by Crippen LogP contribution is 2.76. The maximum Gasteiger partial charge on any atom is 0.312 e. The first-order valence-corrected chi connectivity index (χ1v) is 15.5. The number of methoxy groups -OCH3 is 1. The van der Waals surface area contributed by atoms with Crippen molar-refractivity contribution in [3.63, 3.8) is 0 Å². The van der Waals surface area contributed by atoms with Crippen LogP contribution < -0.4 is 0 Å². The number of hydrogen-bond acceptors (Lipinski definition) is 6. The Balaban J connectivity index is 1.59. The molecule has 5 aliphatic rings. The van der Waals surface area contributed by atoms with Crippen molar-refractivity contribution in [2.45, 2.75) is 126 Å². The van der Waals surface area contributed by atoms with Crippen LogP contribution in [0.2, 0.25) is 0 Å². The van der Waals surface area contributed by atoms with Crippen LogP contribution >= 0.6 is 0 Å². The predicted octanol–water partition coefficient (Wildman–Crippen LogP) is 7.41. The molecule has 1 N–H and O–H groups in total. The van der Waals surface area contributed by atoms with E-state index in [-0.39, 0.29) is 57.0 Å². The van der Waals surface area contributed by atoms with Crippen LogP contribution in [0.4, 0.5) is 0 Å². The number of ether oxygens (including phenoxy) is 2. The third-order valence-electron chi connectivity index (χ3n) is 14.0. The van der Waals surface area contributed by atoms with Crippen LogP contribution in [0.3, 0.4) is 0 Å². The quantitative estimate of drug-likeness (QED) is 0.223. The molecule has 6 heteroatoms. The lowest BCUT2D eigenvalue weighted by Crippen LogP contribution is -2.70. The van der Waals surface area contributed by atoms with Gasteiger partial charge in [-0.1, -0.05) is 53.6 Å². The lowest BCUT2D eigenvalue weighted by Gasteiger charge is -2.73. The zero-order chi connectivity index (χ0) is 28.8. The van der Waals surface area contributed by atoms with Crippen LogP contribution in [0.1, 0.15) is 120 Å². The van der Waals surface area contributed by atoms with E-state index in [1.54, 1.807) is 0 Å². The Morgan fingerprint density at radius 1 is 0.872 bits per heavy atom. The minimum Gasteiger partial charge on any atom is -0.469 e. The van der Waals surface area contributed by atoms with Gasteiger partial charge in [0.1, 0.15) is 6.10 Å². The van der Waals surface area contributed by atoms with Gasteiger partial charge >= 0.3 is 11.9 Å². The van der Waals surface area contributed by atoms with E-state index in [1.165, 1.54) is 14.0 Å². The summed E-state index contributed by atoms with van der Waals surface area (Å²) in [6, 6.07) is 0. The van der Waals surface area contributed by atoms with E-state index in [2.05, 4.69) is 53.6 Å². The summed E-state index contributed by atoms with van der Waals surface area (Å²) < 4.78 is 11.4. The van der Waals surface area contributed by atoms with Crippen molar-refractivity contribution in [1.29, 1.82) is 0 Å². The molecular formula is C33H53NO5. The van der Waals surface area contributed by atoms with Gasteiger partial charge in [0.2, 0.25) is 0 Å². The molecule has 0 amide bonds. The van der Waals surface area contributed by atoms with Crippen LogP contribution in [0.5, 0.6) is 0 Å². The van der Waals surface area contributed by atoms with Gasteiger partial charge in [0, 0.05) is 18.3 Å². The Bertz CT molecular complexity index is 1060. The van der Waals surface area contributed by atoms with Gasteiger partial charge in [-0.05, 0) is 104 Å². The van der Waals surface area contributed by atoms with Gasteiger partial charge in [-0.3, -0.25) is 9.59 Å². The molecule has 39 heavy (non-hydrogen) atoms. The minimum atomic E-state index is -0.487. The average molecular weight is 544 g/mol. The fourth-order valence-corrected chi connectivity index (χ4v) is 11.8. The summed E-state index contributed by atoms with van der Waals surface area (Å²) >= 11 is 0. The van der Waals surface area contributed by atoms with Crippen LogP contribution in [0.25, 0.3) is 0 Å². The molecule has 9 atom stereocenters. The lowest BCUT2D eigenvalue weighted by molar-refractivity contribution is -0.235. The first-order chi connectivity index (χ1) is 18.0. The topological polar surface area (TPSA) is 85.2 Å². The van der Waals surface area contributed by atoms with Crippen molar-refractivity contribution in [3.05, 3.63) is 0 Å². The molecule has 220 valence electrons. The highest BCUT2D eigenvalue weighted by atomic mass is 16.5. The molecule has 5 rings (SSSR count). The molecule has 0 unspecified atom stereocenters. The number of esters is 2. The zero-order valence-corrected chi connectivity index (χ0v) is 26.0. The molecule has 0 bridgehead atoms. The second-order valence-corrected chi connectivity index (χ2v) is 16.3. The van der Waals surface area contributed by atoms with Crippen molar-refractivity contribution >= 4 is 17.7 Å². The Morgan fingerprint density at radius 2 is 1.54 bits per heavy atom. The number of hydrogen-bond donors (Lipinski definition) is 1. The molecule has 5 saturated carbocycles. The highest BCUT2D eigenvalue weighted by Gasteiger charge is 2.73. The van der Waals surface area contributed by atoms with Crippen molar-refractivity contribution in [3.8, 4) is 0 Å². The molecule has 5 aliphatic carbocycles. The summed E-state index contributed by atoms with van der Waals surface area (Å²) in [5, 5.41) is 14.8. The normalized spacial score (nSPS) is 49.1. The number of rotatable bonds is 2. The van der Waals surface area contributed by atoms with Gasteiger partial charge in [-0.2, -0.15) is 0 Å². The lowest BCUT2D eigenvalue weighted by atomic mass is 9.31.